The number of unbranched alkanes of at least 4 members (excludes halogenated alkanes) is 2. The highest BCUT2D eigenvalue weighted by atomic mass is 15.1. The Morgan fingerprint density at radius 1 is 1.57 bits per heavy atom. The summed E-state index contributed by atoms with van der Waals surface area (Å²) in [5.41, 5.74) is 8.03. The van der Waals surface area contributed by atoms with Crippen molar-refractivity contribution in [3.05, 3.63) is 10.4 Å². The summed E-state index contributed by atoms with van der Waals surface area (Å²) in [7, 11) is 0. The zero-order valence-corrected chi connectivity index (χ0v) is 8.61. The first kappa shape index (κ1) is 12.8. The van der Waals surface area contributed by atoms with Crippen LogP contribution < -0.4 is 5.32 Å². The topological polar surface area (TPSA) is 84.6 Å². The molecule has 1 unspecified atom stereocenters. The van der Waals surface area contributed by atoms with Crippen LogP contribution in [0.1, 0.15) is 32.6 Å². The van der Waals surface area contributed by atoms with Crippen molar-refractivity contribution in [2.24, 2.45) is 5.11 Å². The molecule has 14 heavy (non-hydrogen) atoms. The van der Waals surface area contributed by atoms with Crippen LogP contribution in [-0.2, 0) is 0 Å². The van der Waals surface area contributed by atoms with Crippen molar-refractivity contribution in [1.82, 2.24) is 5.32 Å². The molecular formula is C9H17N5. The Morgan fingerprint density at radius 3 is 2.93 bits per heavy atom. The van der Waals surface area contributed by atoms with E-state index in [0.29, 0.717) is 13.1 Å². The molecule has 1 atom stereocenters. The Balaban J connectivity index is 3.48. The molecule has 1 N–H and O–H groups in total. The second-order valence-electron chi connectivity index (χ2n) is 3.09. The van der Waals surface area contributed by atoms with Crippen LogP contribution >= 0.6 is 0 Å². The van der Waals surface area contributed by atoms with Crippen molar-refractivity contribution < 1.29 is 0 Å². The Labute approximate surface area is 84.7 Å². The number of nitrogens with one attached hydrogen (secondary N) is 1. The minimum atomic E-state index is -0.101. The third-order valence-corrected chi connectivity index (χ3v) is 1.92. The summed E-state index contributed by atoms with van der Waals surface area (Å²) < 4.78 is 0. The first-order chi connectivity index (χ1) is 6.85. The van der Waals surface area contributed by atoms with Gasteiger partial charge in [-0.2, -0.15) is 5.26 Å². The molecule has 0 heterocycles. The Hall–Kier alpha value is -1.24. The minimum absolute atomic E-state index is 0.101. The first-order valence-electron chi connectivity index (χ1n) is 4.99. The van der Waals surface area contributed by atoms with Gasteiger partial charge >= 0.3 is 0 Å². The van der Waals surface area contributed by atoms with Gasteiger partial charge in [0.25, 0.3) is 0 Å². The molecule has 0 aliphatic carbocycles. The maximum absolute atomic E-state index is 8.77. The first-order valence-corrected chi connectivity index (χ1v) is 4.99. The molecule has 0 saturated heterocycles. The number of hydrogen-bond donors (Lipinski definition) is 1. The predicted octanol–water partition coefficient (Wildman–Crippen LogP) is 2.36. The highest BCUT2D eigenvalue weighted by Crippen LogP contribution is 2.02. The molecular weight excluding hydrogens is 178 g/mol. The number of azide groups is 1. The molecule has 5 nitrogen and oxygen atoms in total. The van der Waals surface area contributed by atoms with E-state index in [0.717, 1.165) is 25.7 Å². The zero-order valence-electron chi connectivity index (χ0n) is 8.61. The van der Waals surface area contributed by atoms with E-state index < -0.39 is 0 Å². The predicted molar refractivity (Wildman–Crippen MR) is 55.6 cm³/mol. The fourth-order valence-electron chi connectivity index (χ4n) is 1.14. The van der Waals surface area contributed by atoms with Crippen LogP contribution in [0.4, 0.5) is 0 Å². The molecule has 5 heteroatoms. The lowest BCUT2D eigenvalue weighted by atomic mass is 10.1. The summed E-state index contributed by atoms with van der Waals surface area (Å²) in [6, 6.07) is 2.09. The fraction of sp³-hybridized carbons (Fsp3) is 0.889. The van der Waals surface area contributed by atoms with E-state index in [1.54, 1.807) is 0 Å². The summed E-state index contributed by atoms with van der Waals surface area (Å²) >= 11 is 0. The molecule has 0 bridgehead atoms. The van der Waals surface area contributed by atoms with E-state index in [4.69, 9.17) is 10.8 Å². The molecule has 0 fully saturated rings. The maximum Gasteiger partial charge on any atom is 0.0952 e. The smallest absolute Gasteiger partial charge is 0.0952 e. The van der Waals surface area contributed by atoms with E-state index in [9.17, 15) is 0 Å². The molecule has 0 aliphatic heterocycles. The second-order valence-corrected chi connectivity index (χ2v) is 3.09. The summed E-state index contributed by atoms with van der Waals surface area (Å²) in [4.78, 5) is 2.64. The van der Waals surface area contributed by atoms with Crippen molar-refractivity contribution in [2.45, 2.75) is 38.6 Å². The Bertz CT molecular complexity index is 214. The van der Waals surface area contributed by atoms with Crippen molar-refractivity contribution in [3.8, 4) is 6.07 Å². The van der Waals surface area contributed by atoms with E-state index in [2.05, 4.69) is 28.3 Å². The van der Waals surface area contributed by atoms with Crippen LogP contribution in [0.3, 0.4) is 0 Å². The van der Waals surface area contributed by atoms with Gasteiger partial charge < -0.3 is 5.32 Å². The summed E-state index contributed by atoms with van der Waals surface area (Å²) in [5.74, 6) is 0. The van der Waals surface area contributed by atoms with Crippen molar-refractivity contribution in [2.75, 3.05) is 13.1 Å². The number of rotatable bonds is 8. The lowest BCUT2D eigenvalue weighted by Gasteiger charge is -2.09. The van der Waals surface area contributed by atoms with Crippen LogP contribution in [0.25, 0.3) is 10.4 Å². The van der Waals surface area contributed by atoms with Crippen LogP contribution in [-0.4, -0.2) is 19.1 Å². The number of hydrogen-bond acceptors (Lipinski definition) is 3. The Kier molecular flexibility index (Phi) is 8.97. The third kappa shape index (κ3) is 7.41. The van der Waals surface area contributed by atoms with Gasteiger partial charge in [0, 0.05) is 18.0 Å². The van der Waals surface area contributed by atoms with Crippen LogP contribution in [0.2, 0.25) is 0 Å². The van der Waals surface area contributed by atoms with Crippen molar-refractivity contribution in [1.29, 1.82) is 5.26 Å². The number of nitrogens with zero attached hydrogens (tertiary/aromatic N) is 4. The van der Waals surface area contributed by atoms with Crippen molar-refractivity contribution in [3.63, 3.8) is 0 Å². The van der Waals surface area contributed by atoms with E-state index in [-0.39, 0.29) is 6.04 Å². The highest BCUT2D eigenvalue weighted by molar-refractivity contribution is 4.89. The summed E-state index contributed by atoms with van der Waals surface area (Å²) in [6.45, 7) is 3.12. The highest BCUT2D eigenvalue weighted by Gasteiger charge is 2.04. The van der Waals surface area contributed by atoms with Gasteiger partial charge in [0.1, 0.15) is 0 Å². The molecule has 0 saturated carbocycles. The molecule has 0 rings (SSSR count). The van der Waals surface area contributed by atoms with E-state index >= 15 is 0 Å². The SMILES string of the molecule is CCCCCC(C#N)NCCN=[N+]=[N-]. The molecule has 0 aliphatic rings. The van der Waals surface area contributed by atoms with E-state index in [1.807, 2.05) is 0 Å². The van der Waals surface area contributed by atoms with Gasteiger partial charge in [-0.05, 0) is 12.0 Å². The van der Waals surface area contributed by atoms with Crippen molar-refractivity contribution >= 4 is 0 Å². The van der Waals surface area contributed by atoms with Crippen LogP contribution in [0.15, 0.2) is 5.11 Å². The monoisotopic (exact) mass is 195 g/mol. The maximum atomic E-state index is 8.77. The quantitative estimate of drug-likeness (QED) is 0.279. The molecule has 0 aromatic carbocycles. The Morgan fingerprint density at radius 2 is 2.36 bits per heavy atom. The normalized spacial score (nSPS) is 11.4. The molecule has 0 amide bonds. The van der Waals surface area contributed by atoms with Crippen LogP contribution in [0, 0.1) is 11.3 Å². The molecule has 0 spiro atoms. The molecule has 0 aromatic heterocycles. The van der Waals surface area contributed by atoms with Gasteiger partial charge in [-0.15, -0.1) is 0 Å². The summed E-state index contributed by atoms with van der Waals surface area (Å²) in [5, 5.41) is 15.2. The van der Waals surface area contributed by atoms with Gasteiger partial charge in [0.15, 0.2) is 0 Å². The molecule has 78 valence electrons. The third-order valence-electron chi connectivity index (χ3n) is 1.92. The van der Waals surface area contributed by atoms with Gasteiger partial charge in [0.05, 0.1) is 12.1 Å². The zero-order chi connectivity index (χ0) is 10.6. The van der Waals surface area contributed by atoms with Crippen LogP contribution in [0.5, 0.6) is 0 Å². The standard InChI is InChI=1S/C9H17N5/c1-2-3-4-5-9(8-10)12-6-7-13-14-11/h9,12H,2-7H2,1H3. The average Bonchev–Trinajstić information content (AvgIpc) is 2.22. The largest absolute Gasteiger partial charge is 0.302 e. The van der Waals surface area contributed by atoms with Gasteiger partial charge in [-0.3, -0.25) is 0 Å². The number of nitriles is 1. The van der Waals surface area contributed by atoms with E-state index in [1.165, 1.54) is 0 Å². The average molecular weight is 195 g/mol. The lowest BCUT2D eigenvalue weighted by molar-refractivity contribution is 0.536. The molecule has 0 radical (unpaired) electrons. The minimum Gasteiger partial charge on any atom is -0.302 e. The molecule has 0 aromatic rings. The second kappa shape index (κ2) is 9.85. The summed E-state index contributed by atoms with van der Waals surface area (Å²) in [6.07, 6.45) is 4.27. The fourth-order valence-corrected chi connectivity index (χ4v) is 1.14. The van der Waals surface area contributed by atoms with Gasteiger partial charge in [-0.1, -0.05) is 31.3 Å². The van der Waals surface area contributed by atoms with Gasteiger partial charge in [-0.25, -0.2) is 0 Å². The lowest BCUT2D eigenvalue weighted by Crippen LogP contribution is -2.29. The van der Waals surface area contributed by atoms with Gasteiger partial charge in [0.2, 0.25) is 0 Å².